The largest absolute Gasteiger partial charge is 0.320 e. The summed E-state index contributed by atoms with van der Waals surface area (Å²) in [6, 6.07) is 0. The molecule has 0 amide bonds. The van der Waals surface area contributed by atoms with Gasteiger partial charge < -0.3 is 5.73 Å². The molecule has 0 bridgehead atoms. The van der Waals surface area contributed by atoms with Gasteiger partial charge in [0.1, 0.15) is 0 Å². The Labute approximate surface area is 82.7 Å². The van der Waals surface area contributed by atoms with Crippen LogP contribution in [0.3, 0.4) is 0 Å². The van der Waals surface area contributed by atoms with E-state index in [0.29, 0.717) is 9.34 Å². The van der Waals surface area contributed by atoms with E-state index in [0.717, 1.165) is 0 Å². The molecule has 0 atom stereocenters. The number of nitrogens with two attached hydrogens (primary N) is 1. The first kappa shape index (κ1) is 9.30. The van der Waals surface area contributed by atoms with Gasteiger partial charge in [-0.05, 0) is 0 Å². The molecule has 1 aromatic heterocycles. The molecule has 1 aliphatic rings. The second-order valence-corrected chi connectivity index (χ2v) is 4.96. The monoisotopic (exact) mass is 224 g/mol. The summed E-state index contributed by atoms with van der Waals surface area (Å²) in [5, 5.41) is 0. The second-order valence-electron chi connectivity index (χ2n) is 3.34. The van der Waals surface area contributed by atoms with E-state index in [1.54, 1.807) is 0 Å². The molecule has 72 valence electrons. The summed E-state index contributed by atoms with van der Waals surface area (Å²) in [6.45, 7) is 0. The van der Waals surface area contributed by atoms with Gasteiger partial charge >= 0.3 is 0 Å². The smallest absolute Gasteiger partial charge is 0.252 e. The number of thiazole rings is 1. The first-order valence-corrected chi connectivity index (χ1v) is 4.89. The molecule has 6 heteroatoms. The Morgan fingerprint density at radius 3 is 2.54 bits per heavy atom. The molecule has 1 aromatic rings. The second kappa shape index (κ2) is 2.62. The number of alkyl halides is 2. The van der Waals surface area contributed by atoms with E-state index in [2.05, 4.69) is 4.98 Å². The summed E-state index contributed by atoms with van der Waals surface area (Å²) in [5.41, 5.74) is 4.84. The summed E-state index contributed by atoms with van der Waals surface area (Å²) in [7, 11) is 0. The molecule has 0 unspecified atom stereocenters. The van der Waals surface area contributed by atoms with Crippen LogP contribution < -0.4 is 5.73 Å². The maximum Gasteiger partial charge on any atom is 0.252 e. The minimum atomic E-state index is -2.62. The lowest BCUT2D eigenvalue weighted by Crippen LogP contribution is -2.55. The van der Waals surface area contributed by atoms with Gasteiger partial charge in [0.05, 0.1) is 5.54 Å². The number of hydrogen-bond acceptors (Lipinski definition) is 3. The van der Waals surface area contributed by atoms with Crippen LogP contribution in [0.5, 0.6) is 0 Å². The van der Waals surface area contributed by atoms with Crippen molar-refractivity contribution in [1.29, 1.82) is 0 Å². The van der Waals surface area contributed by atoms with Crippen molar-refractivity contribution in [2.45, 2.75) is 24.3 Å². The lowest BCUT2D eigenvalue weighted by Gasteiger charge is -2.43. The van der Waals surface area contributed by atoms with E-state index < -0.39 is 11.5 Å². The number of rotatable bonds is 1. The molecule has 2 N–H and O–H groups in total. The van der Waals surface area contributed by atoms with Crippen LogP contribution in [-0.4, -0.2) is 10.9 Å². The minimum Gasteiger partial charge on any atom is -0.320 e. The minimum absolute atomic E-state index is 0.307. The summed E-state index contributed by atoms with van der Waals surface area (Å²) >= 11 is 6.75. The highest BCUT2D eigenvalue weighted by molar-refractivity contribution is 7.15. The average Bonchev–Trinajstić information content (AvgIpc) is 2.31. The van der Waals surface area contributed by atoms with Crippen LogP contribution in [0.1, 0.15) is 17.7 Å². The summed E-state index contributed by atoms with van der Waals surface area (Å²) in [6.07, 6.45) is 0.860. The van der Waals surface area contributed by atoms with Gasteiger partial charge in [0, 0.05) is 23.9 Å². The molecule has 13 heavy (non-hydrogen) atoms. The SMILES string of the molecule is NC1(c2cnc(Cl)s2)CC(F)(F)C1. The molecule has 0 saturated heterocycles. The highest BCUT2D eigenvalue weighted by Gasteiger charge is 2.56. The fourth-order valence-electron chi connectivity index (χ4n) is 1.53. The van der Waals surface area contributed by atoms with Crippen molar-refractivity contribution in [1.82, 2.24) is 4.98 Å². The van der Waals surface area contributed by atoms with Gasteiger partial charge in [-0.2, -0.15) is 0 Å². The highest BCUT2D eigenvalue weighted by atomic mass is 35.5. The summed E-state index contributed by atoms with van der Waals surface area (Å²) < 4.78 is 25.5. The maximum atomic E-state index is 12.6. The van der Waals surface area contributed by atoms with Crippen molar-refractivity contribution in [3.8, 4) is 0 Å². The molecule has 0 aliphatic heterocycles. The Morgan fingerprint density at radius 1 is 1.54 bits per heavy atom. The number of nitrogens with zero attached hydrogens (tertiary/aromatic N) is 1. The summed E-state index contributed by atoms with van der Waals surface area (Å²) in [5.74, 6) is -2.62. The molecule has 0 spiro atoms. The first-order valence-electron chi connectivity index (χ1n) is 3.70. The van der Waals surface area contributed by atoms with Crippen LogP contribution >= 0.6 is 22.9 Å². The van der Waals surface area contributed by atoms with Gasteiger partial charge in [-0.1, -0.05) is 11.6 Å². The molecule has 1 fully saturated rings. The highest BCUT2D eigenvalue weighted by Crippen LogP contribution is 2.51. The lowest BCUT2D eigenvalue weighted by molar-refractivity contribution is -0.124. The lowest BCUT2D eigenvalue weighted by atomic mass is 9.73. The Morgan fingerprint density at radius 2 is 2.15 bits per heavy atom. The molecule has 1 saturated carbocycles. The molecule has 1 aliphatic carbocycles. The third kappa shape index (κ3) is 1.56. The van der Waals surface area contributed by atoms with Crippen molar-refractivity contribution in [2.75, 3.05) is 0 Å². The van der Waals surface area contributed by atoms with Gasteiger partial charge in [-0.3, -0.25) is 0 Å². The average molecular weight is 225 g/mol. The van der Waals surface area contributed by atoms with E-state index >= 15 is 0 Å². The van der Waals surface area contributed by atoms with Crippen LogP contribution in [0.25, 0.3) is 0 Å². The van der Waals surface area contributed by atoms with Crippen molar-refractivity contribution in [3.63, 3.8) is 0 Å². The van der Waals surface area contributed by atoms with Gasteiger partial charge in [0.15, 0.2) is 4.47 Å². The zero-order valence-electron chi connectivity index (χ0n) is 6.56. The standard InChI is InChI=1S/C7H7ClF2N2S/c8-5-12-1-4(13-5)6(11)2-7(9,10)3-6/h1H,2-3,11H2. The fraction of sp³-hybridized carbons (Fsp3) is 0.571. The first-order chi connectivity index (χ1) is 5.91. The normalized spacial score (nSPS) is 24.0. The van der Waals surface area contributed by atoms with Crippen LogP contribution in [0, 0.1) is 0 Å². The van der Waals surface area contributed by atoms with Gasteiger partial charge in [-0.25, -0.2) is 13.8 Å². The van der Waals surface area contributed by atoms with E-state index in [1.165, 1.54) is 17.5 Å². The zero-order chi connectivity index (χ0) is 9.69. The van der Waals surface area contributed by atoms with E-state index in [-0.39, 0.29) is 12.8 Å². The van der Waals surface area contributed by atoms with Gasteiger partial charge in [0.2, 0.25) is 0 Å². The Balaban J connectivity index is 2.20. The Hall–Kier alpha value is -0.260. The fourth-order valence-corrected chi connectivity index (χ4v) is 2.57. The quantitative estimate of drug-likeness (QED) is 0.796. The predicted molar refractivity (Wildman–Crippen MR) is 47.2 cm³/mol. The molecule has 1 heterocycles. The Kier molecular flexibility index (Phi) is 1.87. The van der Waals surface area contributed by atoms with E-state index in [4.69, 9.17) is 17.3 Å². The number of hydrogen-bond donors (Lipinski definition) is 1. The molecule has 0 aromatic carbocycles. The topological polar surface area (TPSA) is 38.9 Å². The maximum absolute atomic E-state index is 12.6. The summed E-state index contributed by atoms with van der Waals surface area (Å²) in [4.78, 5) is 4.41. The number of halogens is 3. The molecule has 2 nitrogen and oxygen atoms in total. The van der Waals surface area contributed by atoms with Crippen LogP contribution in [0.2, 0.25) is 4.47 Å². The zero-order valence-corrected chi connectivity index (χ0v) is 8.13. The predicted octanol–water partition coefficient (Wildman–Crippen LogP) is 2.38. The van der Waals surface area contributed by atoms with Crippen LogP contribution in [0.4, 0.5) is 8.78 Å². The Bertz CT molecular complexity index is 331. The third-order valence-corrected chi connectivity index (χ3v) is 3.45. The molecule has 0 radical (unpaired) electrons. The van der Waals surface area contributed by atoms with E-state index in [1.807, 2.05) is 0 Å². The molecular weight excluding hydrogens is 218 g/mol. The molecular formula is C7H7ClF2N2S. The van der Waals surface area contributed by atoms with Gasteiger partial charge in [0.25, 0.3) is 5.92 Å². The van der Waals surface area contributed by atoms with Crippen LogP contribution in [-0.2, 0) is 5.54 Å². The van der Waals surface area contributed by atoms with Crippen LogP contribution in [0.15, 0.2) is 6.20 Å². The molecule has 2 rings (SSSR count). The van der Waals surface area contributed by atoms with Crippen molar-refractivity contribution in [3.05, 3.63) is 15.5 Å². The third-order valence-electron chi connectivity index (χ3n) is 2.12. The van der Waals surface area contributed by atoms with Crippen molar-refractivity contribution >= 4 is 22.9 Å². The van der Waals surface area contributed by atoms with E-state index in [9.17, 15) is 8.78 Å². The van der Waals surface area contributed by atoms with Crippen molar-refractivity contribution < 1.29 is 8.78 Å². The van der Waals surface area contributed by atoms with Crippen molar-refractivity contribution in [2.24, 2.45) is 5.73 Å². The number of aromatic nitrogens is 1. The van der Waals surface area contributed by atoms with Gasteiger partial charge in [-0.15, -0.1) is 11.3 Å².